The van der Waals surface area contributed by atoms with Gasteiger partial charge in [0.05, 0.1) is 37.2 Å². The molecule has 5 aromatic rings. The highest BCUT2D eigenvalue weighted by atomic mass is 16.5. The third-order valence-electron chi connectivity index (χ3n) is 6.64. The molecule has 0 fully saturated rings. The van der Waals surface area contributed by atoms with Crippen LogP contribution in [0.4, 0.5) is 5.95 Å². The fourth-order valence-electron chi connectivity index (χ4n) is 4.76. The Hall–Kier alpha value is -4.71. The molecule has 0 spiro atoms. The zero-order valence-corrected chi connectivity index (χ0v) is 20.7. The molecule has 0 N–H and O–H groups in total. The highest BCUT2D eigenvalue weighted by Gasteiger charge is 2.32. The minimum Gasteiger partial charge on any atom is -0.497 e. The van der Waals surface area contributed by atoms with Gasteiger partial charge in [0.25, 0.3) is 0 Å². The highest BCUT2D eigenvalue weighted by molar-refractivity contribution is 6.03. The van der Waals surface area contributed by atoms with Gasteiger partial charge in [-0.05, 0) is 35.9 Å². The minimum absolute atomic E-state index is 0.0962. The van der Waals surface area contributed by atoms with Gasteiger partial charge in [0, 0.05) is 22.9 Å². The van der Waals surface area contributed by atoms with Gasteiger partial charge in [-0.2, -0.15) is 5.10 Å². The summed E-state index contributed by atoms with van der Waals surface area (Å²) in [6, 6.07) is 34.4. The van der Waals surface area contributed by atoms with Gasteiger partial charge in [-0.1, -0.05) is 72.8 Å². The Labute approximate surface area is 215 Å². The molecule has 0 unspecified atom stereocenters. The Balaban J connectivity index is 1.52. The standard InChI is InChI=1S/C31H26N4O2/c1-36-24-14-8-12-22(18-24)28-20-29(23-13-9-15-25(19-23)37-2)35(34-28)31-32-27-17-7-6-16-26(27)30(33-31)21-10-4-3-5-11-21/h3-19,29H,20H2,1-2H3/t29-/m1/s1. The van der Waals surface area contributed by atoms with E-state index in [0.29, 0.717) is 12.4 Å². The fourth-order valence-corrected chi connectivity index (χ4v) is 4.76. The number of benzene rings is 4. The second kappa shape index (κ2) is 9.74. The van der Waals surface area contributed by atoms with E-state index >= 15 is 0 Å². The second-order valence-corrected chi connectivity index (χ2v) is 8.88. The molecule has 2 heterocycles. The number of para-hydroxylation sites is 1. The smallest absolute Gasteiger partial charge is 0.247 e. The van der Waals surface area contributed by atoms with Crippen LogP contribution in [0.2, 0.25) is 0 Å². The van der Waals surface area contributed by atoms with E-state index < -0.39 is 0 Å². The molecule has 0 saturated heterocycles. The molecular weight excluding hydrogens is 460 g/mol. The van der Waals surface area contributed by atoms with Crippen LogP contribution in [0.5, 0.6) is 11.5 Å². The summed E-state index contributed by atoms with van der Waals surface area (Å²) >= 11 is 0. The zero-order valence-electron chi connectivity index (χ0n) is 20.7. The predicted molar refractivity (Wildman–Crippen MR) is 147 cm³/mol. The number of nitrogens with zero attached hydrogens (tertiary/aromatic N) is 4. The van der Waals surface area contributed by atoms with Gasteiger partial charge in [-0.25, -0.2) is 15.0 Å². The molecule has 1 aliphatic rings. The molecule has 6 rings (SSSR count). The zero-order chi connectivity index (χ0) is 25.2. The van der Waals surface area contributed by atoms with Gasteiger partial charge in [0.15, 0.2) is 0 Å². The number of hydrogen-bond acceptors (Lipinski definition) is 6. The maximum atomic E-state index is 5.53. The quantitative estimate of drug-likeness (QED) is 0.268. The molecule has 0 bridgehead atoms. The summed E-state index contributed by atoms with van der Waals surface area (Å²) in [4.78, 5) is 10.1. The van der Waals surface area contributed by atoms with Crippen LogP contribution in [0.15, 0.2) is 108 Å². The average molecular weight is 487 g/mol. The van der Waals surface area contributed by atoms with Gasteiger partial charge < -0.3 is 9.47 Å². The van der Waals surface area contributed by atoms with E-state index in [2.05, 4.69) is 36.4 Å². The minimum atomic E-state index is -0.0962. The van der Waals surface area contributed by atoms with E-state index in [4.69, 9.17) is 24.5 Å². The third-order valence-corrected chi connectivity index (χ3v) is 6.64. The molecule has 0 aliphatic carbocycles. The lowest BCUT2D eigenvalue weighted by Crippen LogP contribution is -2.21. The molecule has 182 valence electrons. The summed E-state index contributed by atoms with van der Waals surface area (Å²) in [5, 5.41) is 8.04. The van der Waals surface area contributed by atoms with Crippen LogP contribution in [0.25, 0.3) is 22.2 Å². The Kier molecular flexibility index (Phi) is 5.98. The number of fused-ring (bicyclic) bond motifs is 1. The van der Waals surface area contributed by atoms with Crippen LogP contribution in [-0.2, 0) is 0 Å². The van der Waals surface area contributed by atoms with Crippen molar-refractivity contribution in [3.05, 3.63) is 114 Å². The summed E-state index contributed by atoms with van der Waals surface area (Å²) in [7, 11) is 3.36. The normalized spacial score (nSPS) is 15.0. The van der Waals surface area contributed by atoms with Crippen molar-refractivity contribution in [2.24, 2.45) is 5.10 Å². The molecule has 0 amide bonds. The van der Waals surface area contributed by atoms with Crippen molar-refractivity contribution < 1.29 is 9.47 Å². The topological polar surface area (TPSA) is 59.8 Å². The number of methoxy groups -OCH3 is 2. The number of anilines is 1. The Bertz CT molecular complexity index is 1600. The summed E-state index contributed by atoms with van der Waals surface area (Å²) in [5.41, 5.74) is 5.84. The van der Waals surface area contributed by atoms with Crippen molar-refractivity contribution in [3.8, 4) is 22.8 Å². The first-order chi connectivity index (χ1) is 18.2. The van der Waals surface area contributed by atoms with Crippen molar-refractivity contribution in [1.29, 1.82) is 0 Å². The lowest BCUT2D eigenvalue weighted by Gasteiger charge is -2.23. The molecule has 1 atom stereocenters. The molecular formula is C31H26N4O2. The fraction of sp³-hybridized carbons (Fsp3) is 0.129. The second-order valence-electron chi connectivity index (χ2n) is 8.88. The van der Waals surface area contributed by atoms with Crippen molar-refractivity contribution in [2.45, 2.75) is 12.5 Å². The summed E-state index contributed by atoms with van der Waals surface area (Å²) in [6.45, 7) is 0. The van der Waals surface area contributed by atoms with Crippen molar-refractivity contribution in [1.82, 2.24) is 9.97 Å². The molecule has 6 nitrogen and oxygen atoms in total. The lowest BCUT2D eigenvalue weighted by atomic mass is 9.98. The predicted octanol–water partition coefficient (Wildman–Crippen LogP) is 6.67. The largest absolute Gasteiger partial charge is 0.497 e. The van der Waals surface area contributed by atoms with E-state index in [-0.39, 0.29) is 6.04 Å². The Morgan fingerprint density at radius 3 is 2.22 bits per heavy atom. The van der Waals surface area contributed by atoms with Crippen molar-refractivity contribution >= 4 is 22.6 Å². The summed E-state index contributed by atoms with van der Waals surface area (Å²) in [5.74, 6) is 2.16. The van der Waals surface area contributed by atoms with Crippen LogP contribution < -0.4 is 14.5 Å². The van der Waals surface area contributed by atoms with Crippen LogP contribution in [0, 0.1) is 0 Å². The maximum absolute atomic E-state index is 5.53. The number of hydrazone groups is 1. The summed E-state index contributed by atoms with van der Waals surface area (Å²) < 4.78 is 11.0. The van der Waals surface area contributed by atoms with E-state index in [0.717, 1.165) is 50.5 Å². The lowest BCUT2D eigenvalue weighted by molar-refractivity contribution is 0.413. The Morgan fingerprint density at radius 1 is 0.703 bits per heavy atom. The molecule has 4 aromatic carbocycles. The van der Waals surface area contributed by atoms with E-state index in [1.165, 1.54) is 0 Å². The van der Waals surface area contributed by atoms with E-state index in [1.54, 1.807) is 14.2 Å². The van der Waals surface area contributed by atoms with Crippen LogP contribution >= 0.6 is 0 Å². The van der Waals surface area contributed by atoms with Crippen molar-refractivity contribution in [2.75, 3.05) is 19.2 Å². The molecule has 0 saturated carbocycles. The van der Waals surface area contributed by atoms with Gasteiger partial charge in [0.1, 0.15) is 11.5 Å². The molecule has 1 aliphatic heterocycles. The molecule has 0 radical (unpaired) electrons. The number of aromatic nitrogens is 2. The number of hydrogen-bond donors (Lipinski definition) is 0. The third kappa shape index (κ3) is 4.38. The average Bonchev–Trinajstić information content (AvgIpc) is 3.43. The number of ether oxygens (including phenoxy) is 2. The Morgan fingerprint density at radius 2 is 1.41 bits per heavy atom. The van der Waals surface area contributed by atoms with Crippen LogP contribution in [0.1, 0.15) is 23.6 Å². The maximum Gasteiger partial charge on any atom is 0.247 e. The van der Waals surface area contributed by atoms with E-state index in [9.17, 15) is 0 Å². The van der Waals surface area contributed by atoms with Crippen LogP contribution in [0.3, 0.4) is 0 Å². The number of rotatable bonds is 6. The first-order valence-corrected chi connectivity index (χ1v) is 12.2. The van der Waals surface area contributed by atoms with Gasteiger partial charge in [-0.15, -0.1) is 0 Å². The molecule has 6 heteroatoms. The first kappa shape index (κ1) is 22.7. The van der Waals surface area contributed by atoms with Crippen LogP contribution in [-0.4, -0.2) is 29.9 Å². The first-order valence-electron chi connectivity index (χ1n) is 12.2. The van der Waals surface area contributed by atoms with Gasteiger partial charge in [-0.3, -0.25) is 0 Å². The monoisotopic (exact) mass is 486 g/mol. The highest BCUT2D eigenvalue weighted by Crippen LogP contribution is 2.38. The summed E-state index contributed by atoms with van der Waals surface area (Å²) in [6.07, 6.45) is 0.692. The van der Waals surface area contributed by atoms with Crippen molar-refractivity contribution in [3.63, 3.8) is 0 Å². The molecule has 37 heavy (non-hydrogen) atoms. The van der Waals surface area contributed by atoms with Gasteiger partial charge in [0.2, 0.25) is 5.95 Å². The van der Waals surface area contributed by atoms with Gasteiger partial charge >= 0.3 is 0 Å². The van der Waals surface area contributed by atoms with E-state index in [1.807, 2.05) is 71.7 Å². The SMILES string of the molecule is COc1cccc(C2=NN(c3nc(-c4ccccc4)c4ccccc4n3)[C@@H](c3cccc(OC)c3)C2)c1. The molecule has 1 aromatic heterocycles.